The summed E-state index contributed by atoms with van der Waals surface area (Å²) in [7, 11) is -1.85. The summed E-state index contributed by atoms with van der Waals surface area (Å²) >= 11 is 0. The Hall–Kier alpha value is -3.59. The SMILES string of the molecule is COc1ccccc1Oc1ccc(NC(=O)C2=CN3CCS(=O)(=O)N=C3C=C2)cc1. The molecule has 0 aromatic heterocycles. The number of sulfonamides is 1. The molecule has 1 N–H and O–H groups in total. The molecule has 8 nitrogen and oxygen atoms in total. The van der Waals surface area contributed by atoms with E-state index in [-0.39, 0.29) is 18.2 Å². The van der Waals surface area contributed by atoms with Crippen LogP contribution in [0.2, 0.25) is 0 Å². The molecule has 0 aliphatic carbocycles. The van der Waals surface area contributed by atoms with Crippen molar-refractivity contribution >= 4 is 27.5 Å². The summed E-state index contributed by atoms with van der Waals surface area (Å²) in [6, 6.07) is 14.3. The lowest BCUT2D eigenvalue weighted by atomic mass is 10.1. The number of ether oxygens (including phenoxy) is 2. The molecular formula is C21H19N3O5S. The van der Waals surface area contributed by atoms with Crippen molar-refractivity contribution in [2.75, 3.05) is 24.7 Å². The number of amidine groups is 1. The molecule has 4 rings (SSSR count). The smallest absolute Gasteiger partial charge is 0.257 e. The van der Waals surface area contributed by atoms with Crippen LogP contribution in [-0.4, -0.2) is 44.5 Å². The van der Waals surface area contributed by atoms with E-state index in [1.165, 1.54) is 6.08 Å². The van der Waals surface area contributed by atoms with E-state index < -0.39 is 10.0 Å². The van der Waals surface area contributed by atoms with Gasteiger partial charge in [-0.15, -0.1) is 4.40 Å². The number of rotatable bonds is 5. The van der Waals surface area contributed by atoms with Gasteiger partial charge in [-0.1, -0.05) is 12.1 Å². The van der Waals surface area contributed by atoms with Crippen molar-refractivity contribution in [1.29, 1.82) is 0 Å². The molecule has 9 heteroatoms. The van der Waals surface area contributed by atoms with Gasteiger partial charge in [0.05, 0.1) is 18.4 Å². The number of fused-ring (bicyclic) bond motifs is 1. The molecule has 2 aromatic rings. The molecule has 0 spiro atoms. The third kappa shape index (κ3) is 4.36. The number of methoxy groups -OCH3 is 1. The molecule has 0 atom stereocenters. The lowest BCUT2D eigenvalue weighted by molar-refractivity contribution is -0.112. The third-order valence-corrected chi connectivity index (χ3v) is 5.66. The number of carbonyl (C=O) groups excluding carboxylic acids is 1. The monoisotopic (exact) mass is 425 g/mol. The van der Waals surface area contributed by atoms with E-state index in [9.17, 15) is 13.2 Å². The maximum Gasteiger partial charge on any atom is 0.257 e. The molecule has 2 aliphatic heterocycles. The zero-order valence-electron chi connectivity index (χ0n) is 16.1. The molecule has 30 heavy (non-hydrogen) atoms. The highest BCUT2D eigenvalue weighted by Gasteiger charge is 2.25. The third-order valence-electron chi connectivity index (χ3n) is 4.50. The average Bonchev–Trinajstić information content (AvgIpc) is 2.74. The summed E-state index contributed by atoms with van der Waals surface area (Å²) in [6.07, 6.45) is 4.67. The summed E-state index contributed by atoms with van der Waals surface area (Å²) in [5.74, 6) is 1.75. The van der Waals surface area contributed by atoms with Gasteiger partial charge in [-0.25, -0.2) is 8.42 Å². The molecule has 2 heterocycles. The Kier molecular flexibility index (Phi) is 5.28. The standard InChI is InChI=1S/C21H19N3O5S/c1-28-18-4-2-3-5-19(18)29-17-9-7-16(8-10-17)22-21(25)15-6-11-20-23-30(26,27)13-12-24(20)14-15/h2-11,14H,12-13H2,1H3,(H,22,25). The van der Waals surface area contributed by atoms with Gasteiger partial charge in [0.2, 0.25) is 0 Å². The van der Waals surface area contributed by atoms with Crippen LogP contribution < -0.4 is 14.8 Å². The van der Waals surface area contributed by atoms with Crippen molar-refractivity contribution in [3.05, 3.63) is 72.5 Å². The predicted molar refractivity (Wildman–Crippen MR) is 113 cm³/mol. The van der Waals surface area contributed by atoms with Crippen LogP contribution in [0.25, 0.3) is 0 Å². The molecule has 0 unspecified atom stereocenters. The Morgan fingerprint density at radius 1 is 1.07 bits per heavy atom. The highest BCUT2D eigenvalue weighted by molar-refractivity contribution is 7.90. The second-order valence-electron chi connectivity index (χ2n) is 6.58. The molecule has 2 aliphatic rings. The minimum absolute atomic E-state index is 0.0800. The van der Waals surface area contributed by atoms with Gasteiger partial charge in [-0.3, -0.25) is 4.79 Å². The van der Waals surface area contributed by atoms with E-state index >= 15 is 0 Å². The Bertz CT molecular complexity index is 1170. The summed E-state index contributed by atoms with van der Waals surface area (Å²) in [4.78, 5) is 14.2. The largest absolute Gasteiger partial charge is 0.493 e. The maximum atomic E-state index is 12.6. The van der Waals surface area contributed by atoms with Crippen molar-refractivity contribution in [3.8, 4) is 17.2 Å². The zero-order chi connectivity index (χ0) is 21.1. The minimum Gasteiger partial charge on any atom is -0.493 e. The van der Waals surface area contributed by atoms with E-state index in [0.29, 0.717) is 34.3 Å². The lowest BCUT2D eigenvalue weighted by Crippen LogP contribution is -2.37. The van der Waals surface area contributed by atoms with Gasteiger partial charge < -0.3 is 19.7 Å². The molecule has 0 saturated carbocycles. The Labute approximate surface area is 174 Å². The van der Waals surface area contributed by atoms with Gasteiger partial charge in [0.15, 0.2) is 11.5 Å². The summed E-state index contributed by atoms with van der Waals surface area (Å²) < 4.78 is 37.9. The second-order valence-corrected chi connectivity index (χ2v) is 8.33. The topological polar surface area (TPSA) is 97.3 Å². The first-order valence-corrected chi connectivity index (χ1v) is 10.8. The van der Waals surface area contributed by atoms with Crippen LogP contribution in [0, 0.1) is 0 Å². The number of amides is 1. The molecule has 0 radical (unpaired) electrons. The fourth-order valence-electron chi connectivity index (χ4n) is 2.97. The van der Waals surface area contributed by atoms with E-state index in [4.69, 9.17) is 9.47 Å². The van der Waals surface area contributed by atoms with Gasteiger partial charge in [-0.2, -0.15) is 0 Å². The predicted octanol–water partition coefficient (Wildman–Crippen LogP) is 2.92. The number of hydrogen-bond acceptors (Lipinski definition) is 6. The van der Waals surface area contributed by atoms with Crippen molar-refractivity contribution < 1.29 is 22.7 Å². The number of hydrogen-bond donors (Lipinski definition) is 1. The van der Waals surface area contributed by atoms with Crippen molar-refractivity contribution in [3.63, 3.8) is 0 Å². The van der Waals surface area contributed by atoms with Crippen LogP contribution in [0.3, 0.4) is 0 Å². The van der Waals surface area contributed by atoms with E-state index in [2.05, 4.69) is 9.71 Å². The van der Waals surface area contributed by atoms with E-state index in [1.54, 1.807) is 54.6 Å². The van der Waals surface area contributed by atoms with Crippen molar-refractivity contribution in [2.24, 2.45) is 4.40 Å². The van der Waals surface area contributed by atoms with Gasteiger partial charge >= 0.3 is 0 Å². The summed E-state index contributed by atoms with van der Waals surface area (Å²) in [5.41, 5.74) is 1.00. The number of carbonyl (C=O) groups is 1. The van der Waals surface area contributed by atoms with Crippen LogP contribution in [0.5, 0.6) is 17.2 Å². The molecular weight excluding hydrogens is 406 g/mol. The number of benzene rings is 2. The first-order chi connectivity index (χ1) is 14.4. The van der Waals surface area contributed by atoms with Crippen LogP contribution in [0.4, 0.5) is 5.69 Å². The van der Waals surface area contributed by atoms with Gasteiger partial charge in [0.1, 0.15) is 11.6 Å². The van der Waals surface area contributed by atoms with E-state index in [1.807, 2.05) is 18.2 Å². The Morgan fingerprint density at radius 3 is 2.53 bits per heavy atom. The highest BCUT2D eigenvalue weighted by atomic mass is 32.2. The Balaban J connectivity index is 1.42. The average molecular weight is 425 g/mol. The van der Waals surface area contributed by atoms with Crippen LogP contribution in [-0.2, 0) is 14.8 Å². The highest BCUT2D eigenvalue weighted by Crippen LogP contribution is 2.31. The first-order valence-electron chi connectivity index (χ1n) is 9.15. The van der Waals surface area contributed by atoms with Gasteiger partial charge in [0, 0.05) is 18.4 Å². The van der Waals surface area contributed by atoms with Crippen LogP contribution in [0.15, 0.2) is 76.9 Å². The zero-order valence-corrected chi connectivity index (χ0v) is 16.9. The normalized spacial score (nSPS) is 16.8. The minimum atomic E-state index is -3.43. The molecule has 154 valence electrons. The van der Waals surface area contributed by atoms with Gasteiger partial charge in [0.25, 0.3) is 15.9 Å². The molecule has 0 saturated heterocycles. The molecule has 0 bridgehead atoms. The van der Waals surface area contributed by atoms with Crippen LogP contribution >= 0.6 is 0 Å². The number of anilines is 1. The van der Waals surface area contributed by atoms with Crippen molar-refractivity contribution in [2.45, 2.75) is 0 Å². The van der Waals surface area contributed by atoms with E-state index in [0.717, 1.165) is 0 Å². The quantitative estimate of drug-likeness (QED) is 0.791. The maximum absolute atomic E-state index is 12.6. The second kappa shape index (κ2) is 8.03. The first kappa shape index (κ1) is 19.7. The number of nitrogens with one attached hydrogen (secondary N) is 1. The Morgan fingerprint density at radius 2 is 1.80 bits per heavy atom. The molecule has 0 fully saturated rings. The molecule has 2 aromatic carbocycles. The molecule has 1 amide bonds. The summed E-state index contributed by atoms with van der Waals surface area (Å²) in [5, 5.41) is 2.81. The number of nitrogens with zero attached hydrogens (tertiary/aromatic N) is 2. The fourth-order valence-corrected chi connectivity index (χ4v) is 3.94. The van der Waals surface area contributed by atoms with Crippen LogP contribution in [0.1, 0.15) is 0 Å². The fraction of sp³-hybridized carbons (Fsp3) is 0.143. The summed E-state index contributed by atoms with van der Waals surface area (Å²) in [6.45, 7) is 0.261. The van der Waals surface area contributed by atoms with Gasteiger partial charge in [-0.05, 0) is 48.6 Å². The van der Waals surface area contributed by atoms with Crippen molar-refractivity contribution in [1.82, 2.24) is 4.90 Å². The number of para-hydroxylation sites is 2. The lowest BCUT2D eigenvalue weighted by Gasteiger charge is -2.26.